The molecule has 0 N–H and O–H groups in total. The van der Waals surface area contributed by atoms with Crippen molar-refractivity contribution >= 4 is 0 Å². The molecule has 0 aromatic heterocycles. The van der Waals surface area contributed by atoms with Crippen molar-refractivity contribution < 1.29 is 4.48 Å². The molecule has 0 bridgehead atoms. The minimum atomic E-state index is 0.197. The zero-order chi connectivity index (χ0) is 15.9. The van der Waals surface area contributed by atoms with E-state index in [9.17, 15) is 0 Å². The molecule has 5 aliphatic rings. The van der Waals surface area contributed by atoms with Crippen molar-refractivity contribution in [3.63, 3.8) is 0 Å². The summed E-state index contributed by atoms with van der Waals surface area (Å²) in [6, 6.07) is 19.8. The van der Waals surface area contributed by atoms with Crippen molar-refractivity contribution in [1.29, 1.82) is 0 Å². The highest BCUT2D eigenvalue weighted by Crippen LogP contribution is 2.98. The second-order valence-electron chi connectivity index (χ2n) is 9.14. The zero-order valence-corrected chi connectivity index (χ0v) is 14.5. The van der Waals surface area contributed by atoms with E-state index in [1.165, 1.54) is 30.2 Å². The minimum Gasteiger partial charge on any atom is -0.270 e. The molecule has 2 saturated heterocycles. The lowest BCUT2D eigenvalue weighted by Gasteiger charge is -2.32. The Morgan fingerprint density at radius 2 is 1.42 bits per heavy atom. The van der Waals surface area contributed by atoms with Gasteiger partial charge in [0.1, 0.15) is 0 Å². The maximum absolute atomic E-state index is 2.57. The van der Waals surface area contributed by atoms with Gasteiger partial charge in [-0.3, -0.25) is 4.48 Å². The fraction of sp³-hybridized carbons (Fsp3) is 0.478. The first-order valence-corrected chi connectivity index (χ1v) is 9.80. The number of hydrogen-bond donors (Lipinski definition) is 0. The van der Waals surface area contributed by atoms with Gasteiger partial charge in [-0.25, -0.2) is 0 Å². The van der Waals surface area contributed by atoms with Crippen molar-refractivity contribution in [2.45, 2.75) is 62.2 Å². The van der Waals surface area contributed by atoms with Gasteiger partial charge in [0.2, 0.25) is 6.04 Å². The molecule has 3 fully saturated rings. The van der Waals surface area contributed by atoms with Gasteiger partial charge in [-0.15, -0.1) is 0 Å². The van der Waals surface area contributed by atoms with Crippen molar-refractivity contribution in [3.05, 3.63) is 70.8 Å². The van der Waals surface area contributed by atoms with Crippen LogP contribution in [0.15, 0.2) is 48.5 Å². The molecule has 4 aliphatic heterocycles. The van der Waals surface area contributed by atoms with Gasteiger partial charge in [0.05, 0.1) is 0 Å². The van der Waals surface area contributed by atoms with Gasteiger partial charge >= 0.3 is 0 Å². The van der Waals surface area contributed by atoms with E-state index < -0.39 is 0 Å². The van der Waals surface area contributed by atoms with Crippen LogP contribution in [0.5, 0.6) is 0 Å². The highest BCUT2D eigenvalue weighted by atomic mass is 15.8. The first-order chi connectivity index (χ1) is 11.7. The Balaban J connectivity index is 1.59. The van der Waals surface area contributed by atoms with Gasteiger partial charge in [0.25, 0.3) is 0 Å². The van der Waals surface area contributed by atoms with Gasteiger partial charge in [-0.05, 0) is 25.7 Å². The van der Waals surface area contributed by atoms with Crippen molar-refractivity contribution in [2.75, 3.05) is 0 Å². The second kappa shape index (κ2) is 3.24. The molecule has 2 aromatic rings. The number of rotatable bonds is 3. The van der Waals surface area contributed by atoms with E-state index in [0.717, 1.165) is 12.0 Å². The van der Waals surface area contributed by atoms with Crippen LogP contribution in [0.1, 0.15) is 61.8 Å². The molecular formula is C23H24N+. The Kier molecular flexibility index (Phi) is 1.72. The molecule has 4 heterocycles. The quantitative estimate of drug-likeness (QED) is 0.564. The minimum absolute atomic E-state index is 0.197. The molecule has 0 amide bonds. The van der Waals surface area contributed by atoms with Crippen LogP contribution < -0.4 is 0 Å². The van der Waals surface area contributed by atoms with Gasteiger partial charge < -0.3 is 0 Å². The third kappa shape index (κ3) is 0.826. The molecule has 3 unspecified atom stereocenters. The van der Waals surface area contributed by atoms with Gasteiger partial charge in [0.15, 0.2) is 16.6 Å². The number of hydrogen-bond acceptors (Lipinski definition) is 0. The number of nitrogens with zero attached hydrogens (tertiary/aromatic N) is 1. The van der Waals surface area contributed by atoms with E-state index in [-0.39, 0.29) is 5.54 Å². The second-order valence-corrected chi connectivity index (χ2v) is 9.14. The summed E-state index contributed by atoms with van der Waals surface area (Å²) in [5.74, 6) is 0.999. The van der Waals surface area contributed by atoms with Crippen LogP contribution in [-0.4, -0.2) is 10.5 Å². The predicted molar refractivity (Wildman–Crippen MR) is 94.4 cm³/mol. The third-order valence-corrected chi connectivity index (χ3v) is 8.79. The Morgan fingerprint density at radius 3 is 1.96 bits per heavy atom. The highest BCUT2D eigenvalue weighted by molar-refractivity contribution is 5.67. The standard InChI is InChI=1S/C23H24N/c1-3-22-18-10-6-4-8-16(18)21(2)17-9-5-7-11-19(17)23(14-15-12-13-15)20(22)24(21,22)23/h4-11,15,20H,3,12-14H2,1-2H3/q+1/t20?,21?,22-,23+,24?/m0/s1. The highest BCUT2D eigenvalue weighted by Gasteiger charge is 3.15. The summed E-state index contributed by atoms with van der Waals surface area (Å²) in [4.78, 5) is 0. The van der Waals surface area contributed by atoms with Crippen LogP contribution in [0.3, 0.4) is 0 Å². The Morgan fingerprint density at radius 1 is 0.875 bits per heavy atom. The monoisotopic (exact) mass is 314 g/mol. The van der Waals surface area contributed by atoms with E-state index in [1.54, 1.807) is 22.3 Å². The molecule has 1 nitrogen and oxygen atoms in total. The van der Waals surface area contributed by atoms with Gasteiger partial charge in [0, 0.05) is 35.1 Å². The molecule has 1 spiro atoms. The van der Waals surface area contributed by atoms with E-state index in [2.05, 4.69) is 62.4 Å². The van der Waals surface area contributed by atoms with E-state index >= 15 is 0 Å². The fourth-order valence-corrected chi connectivity index (χ4v) is 8.21. The molecule has 5 atom stereocenters. The molecule has 0 radical (unpaired) electrons. The summed E-state index contributed by atoms with van der Waals surface area (Å²) >= 11 is 0. The third-order valence-electron chi connectivity index (χ3n) is 8.79. The van der Waals surface area contributed by atoms with Crippen LogP contribution in [-0.2, 0) is 16.6 Å². The molecule has 2 aromatic carbocycles. The molecule has 24 heavy (non-hydrogen) atoms. The van der Waals surface area contributed by atoms with E-state index in [0.29, 0.717) is 11.1 Å². The first-order valence-electron chi connectivity index (χ1n) is 9.80. The fourth-order valence-electron chi connectivity index (χ4n) is 8.21. The van der Waals surface area contributed by atoms with Crippen molar-refractivity contribution in [2.24, 2.45) is 5.92 Å². The Labute approximate surface area is 143 Å². The Bertz CT molecular complexity index is 943. The van der Waals surface area contributed by atoms with E-state index in [4.69, 9.17) is 0 Å². The molecular weight excluding hydrogens is 290 g/mol. The number of fused-ring (bicyclic) bond motifs is 8. The summed E-state index contributed by atoms with van der Waals surface area (Å²) < 4.78 is 1.37. The number of benzene rings is 2. The molecule has 1 aliphatic carbocycles. The lowest BCUT2D eigenvalue weighted by Crippen LogP contribution is -2.45. The topological polar surface area (TPSA) is 0 Å². The van der Waals surface area contributed by atoms with E-state index in [1.807, 2.05) is 0 Å². The SMILES string of the molecule is CC[C@]12c3ccccc3C3(C)c4ccccc4[C@]4(CC5CC5)C1[N+]324. The molecule has 7 rings (SSSR count). The predicted octanol–water partition coefficient (Wildman–Crippen LogP) is 4.79. The smallest absolute Gasteiger partial charge is 0.211 e. The molecule has 1 heteroatoms. The van der Waals surface area contributed by atoms with Crippen LogP contribution >= 0.6 is 0 Å². The average Bonchev–Trinajstić information content (AvgIpc) is 3.54. The average molecular weight is 314 g/mol. The summed E-state index contributed by atoms with van der Waals surface area (Å²) in [6.45, 7) is 5.01. The van der Waals surface area contributed by atoms with Crippen LogP contribution in [0.25, 0.3) is 0 Å². The lowest BCUT2D eigenvalue weighted by atomic mass is 9.71. The number of quaternary nitrogens is 1. The summed E-state index contributed by atoms with van der Waals surface area (Å²) in [5.41, 5.74) is 7.75. The maximum atomic E-state index is 2.57. The largest absolute Gasteiger partial charge is 0.270 e. The molecule has 1 saturated carbocycles. The first kappa shape index (κ1) is 12.7. The summed E-state index contributed by atoms with van der Waals surface area (Å²) in [7, 11) is 0. The van der Waals surface area contributed by atoms with Crippen molar-refractivity contribution in [1.82, 2.24) is 0 Å². The Hall–Kier alpha value is -1.60. The van der Waals surface area contributed by atoms with Crippen molar-refractivity contribution in [3.8, 4) is 0 Å². The van der Waals surface area contributed by atoms with Crippen LogP contribution in [0, 0.1) is 5.92 Å². The maximum Gasteiger partial charge on any atom is 0.211 e. The van der Waals surface area contributed by atoms with Crippen LogP contribution in [0.2, 0.25) is 0 Å². The zero-order valence-electron chi connectivity index (χ0n) is 14.5. The summed E-state index contributed by atoms with van der Waals surface area (Å²) in [6.07, 6.45) is 5.68. The van der Waals surface area contributed by atoms with Gasteiger partial charge in [-0.1, -0.05) is 55.5 Å². The van der Waals surface area contributed by atoms with Gasteiger partial charge in [-0.2, -0.15) is 0 Å². The molecule has 120 valence electrons. The summed E-state index contributed by atoms with van der Waals surface area (Å²) in [5, 5.41) is 0. The lowest BCUT2D eigenvalue weighted by molar-refractivity contribution is -0.835. The normalized spacial score (nSPS) is 47.7. The van der Waals surface area contributed by atoms with Crippen LogP contribution in [0.4, 0.5) is 0 Å².